The van der Waals surface area contributed by atoms with Crippen molar-refractivity contribution < 1.29 is 24.5 Å². The molecule has 3 N–H and O–H groups in total. The van der Waals surface area contributed by atoms with Crippen molar-refractivity contribution in [2.75, 3.05) is 6.61 Å². The second kappa shape index (κ2) is 50.0. The SMILES string of the molecule is CC/C=C/C=C/C=C/CCCCCCCCCC(=O)OC(C/C=C\C/C=C\C/C=C\C/C=C\CCCCC)CC(=O)NC(CO)C(O)CCCCCCCCCCCCCCCC. The predicted molar refractivity (Wildman–Crippen MR) is 273 cm³/mol. The molecule has 0 saturated carbocycles. The summed E-state index contributed by atoms with van der Waals surface area (Å²) >= 11 is 0. The van der Waals surface area contributed by atoms with E-state index in [9.17, 15) is 19.8 Å². The monoisotopic (exact) mass is 878 g/mol. The van der Waals surface area contributed by atoms with E-state index in [0.717, 1.165) is 70.6 Å². The van der Waals surface area contributed by atoms with Gasteiger partial charge in [-0.25, -0.2) is 0 Å². The molecule has 1 amide bonds. The Morgan fingerprint density at radius 3 is 1.51 bits per heavy atom. The molecule has 6 nitrogen and oxygen atoms in total. The number of aliphatic hydroxyl groups is 2. The van der Waals surface area contributed by atoms with Crippen LogP contribution in [0.5, 0.6) is 0 Å². The second-order valence-corrected chi connectivity index (χ2v) is 17.6. The highest BCUT2D eigenvalue weighted by atomic mass is 16.5. The van der Waals surface area contributed by atoms with Crippen LogP contribution in [0.2, 0.25) is 0 Å². The number of esters is 1. The molecule has 0 aromatic heterocycles. The van der Waals surface area contributed by atoms with E-state index >= 15 is 0 Å². The van der Waals surface area contributed by atoms with Gasteiger partial charge in [0, 0.05) is 12.8 Å². The lowest BCUT2D eigenvalue weighted by atomic mass is 10.0. The van der Waals surface area contributed by atoms with Crippen molar-refractivity contribution in [1.29, 1.82) is 0 Å². The average molecular weight is 878 g/mol. The number of amides is 1. The average Bonchev–Trinajstić information content (AvgIpc) is 3.28. The number of unbranched alkanes of at least 4 members (excludes halogenated alkanes) is 23. The molecular formula is C57H99NO5. The Bertz CT molecular complexity index is 1210. The standard InChI is InChI=1S/C57H99NO5/c1-4-7-10-13-16-19-22-25-28-30-33-36-39-42-45-48-53(63-57(62)50-47-44-41-38-35-32-29-26-23-20-17-14-11-8-5-2)51-56(61)58-54(52-59)55(60)49-46-43-40-37-34-31-27-24-21-18-15-12-9-6-3/h8,11,14,16-17,19-20,23,25,28,33,36,42,45,53-55,59-60H,4-7,9-10,12-13,15,18,21-22,24,26-27,29-32,34-35,37-41,43-44,46-52H2,1-3H3,(H,58,61)/b11-8+,17-14+,19-16-,23-20+,28-25-,36-33-,45-42-. The first-order valence-electron chi connectivity index (χ1n) is 26.3. The summed E-state index contributed by atoms with van der Waals surface area (Å²) in [6, 6.07) is -0.737. The summed E-state index contributed by atoms with van der Waals surface area (Å²) in [5.74, 6) is -0.593. The van der Waals surface area contributed by atoms with Crippen LogP contribution in [0, 0.1) is 0 Å². The highest BCUT2D eigenvalue weighted by molar-refractivity contribution is 5.77. The molecule has 3 atom stereocenters. The molecule has 0 radical (unpaired) electrons. The Morgan fingerprint density at radius 1 is 0.508 bits per heavy atom. The van der Waals surface area contributed by atoms with Gasteiger partial charge in [-0.1, -0.05) is 241 Å². The van der Waals surface area contributed by atoms with Crippen molar-refractivity contribution in [3.63, 3.8) is 0 Å². The van der Waals surface area contributed by atoms with Crippen LogP contribution in [0.3, 0.4) is 0 Å². The highest BCUT2D eigenvalue weighted by Gasteiger charge is 2.23. The quantitative estimate of drug-likeness (QED) is 0.0245. The van der Waals surface area contributed by atoms with Crippen LogP contribution in [-0.2, 0) is 14.3 Å². The van der Waals surface area contributed by atoms with Crippen LogP contribution in [0.25, 0.3) is 0 Å². The van der Waals surface area contributed by atoms with Gasteiger partial charge in [-0.3, -0.25) is 9.59 Å². The number of ether oxygens (including phenoxy) is 1. The van der Waals surface area contributed by atoms with Crippen molar-refractivity contribution in [2.45, 2.75) is 257 Å². The second-order valence-electron chi connectivity index (χ2n) is 17.6. The van der Waals surface area contributed by atoms with E-state index in [1.807, 2.05) is 12.2 Å². The number of carbonyl (C=O) groups is 2. The third-order valence-corrected chi connectivity index (χ3v) is 11.5. The fourth-order valence-corrected chi connectivity index (χ4v) is 7.53. The number of carbonyl (C=O) groups excluding carboxylic acids is 2. The minimum Gasteiger partial charge on any atom is -0.461 e. The largest absolute Gasteiger partial charge is 0.461 e. The Labute approximate surface area is 389 Å². The Morgan fingerprint density at radius 2 is 0.952 bits per heavy atom. The van der Waals surface area contributed by atoms with Gasteiger partial charge in [0.05, 0.1) is 25.2 Å². The van der Waals surface area contributed by atoms with Crippen LogP contribution in [0.1, 0.15) is 239 Å². The minimum absolute atomic E-state index is 0.00672. The lowest BCUT2D eigenvalue weighted by Crippen LogP contribution is -2.46. The smallest absolute Gasteiger partial charge is 0.306 e. The van der Waals surface area contributed by atoms with Gasteiger partial charge < -0.3 is 20.3 Å². The van der Waals surface area contributed by atoms with E-state index in [0.29, 0.717) is 19.3 Å². The maximum Gasteiger partial charge on any atom is 0.306 e. The van der Waals surface area contributed by atoms with Gasteiger partial charge in [0.2, 0.25) is 5.91 Å². The maximum atomic E-state index is 13.2. The molecule has 0 spiro atoms. The van der Waals surface area contributed by atoms with Crippen molar-refractivity contribution in [2.24, 2.45) is 0 Å². The molecule has 6 heteroatoms. The van der Waals surface area contributed by atoms with Gasteiger partial charge in [-0.05, 0) is 64.2 Å². The zero-order chi connectivity index (χ0) is 45.9. The molecule has 0 aliphatic rings. The summed E-state index contributed by atoms with van der Waals surface area (Å²) in [7, 11) is 0. The summed E-state index contributed by atoms with van der Waals surface area (Å²) in [5.41, 5.74) is 0. The number of aliphatic hydroxyl groups excluding tert-OH is 2. The third kappa shape index (κ3) is 45.4. The number of rotatable bonds is 46. The number of hydrogen-bond donors (Lipinski definition) is 3. The van der Waals surface area contributed by atoms with E-state index in [1.165, 1.54) is 122 Å². The van der Waals surface area contributed by atoms with Crippen molar-refractivity contribution >= 4 is 11.9 Å². The summed E-state index contributed by atoms with van der Waals surface area (Å²) in [5, 5.41) is 23.8. The first kappa shape index (κ1) is 60.0. The first-order valence-corrected chi connectivity index (χ1v) is 26.3. The number of hydrogen-bond acceptors (Lipinski definition) is 5. The van der Waals surface area contributed by atoms with Crippen molar-refractivity contribution in [3.8, 4) is 0 Å². The van der Waals surface area contributed by atoms with Gasteiger partial charge in [0.1, 0.15) is 6.10 Å². The molecule has 0 bridgehead atoms. The molecule has 0 aliphatic carbocycles. The van der Waals surface area contributed by atoms with E-state index < -0.39 is 18.2 Å². The molecule has 0 rings (SSSR count). The molecule has 3 unspecified atom stereocenters. The zero-order valence-corrected chi connectivity index (χ0v) is 41.2. The maximum absolute atomic E-state index is 13.2. The molecule has 0 aromatic rings. The number of allylic oxidation sites excluding steroid dienone is 13. The van der Waals surface area contributed by atoms with E-state index in [2.05, 4.69) is 99.0 Å². The highest BCUT2D eigenvalue weighted by Crippen LogP contribution is 2.16. The summed E-state index contributed by atoms with van der Waals surface area (Å²) < 4.78 is 5.87. The molecule has 0 aromatic carbocycles. The first-order chi connectivity index (χ1) is 31.0. The van der Waals surface area contributed by atoms with Crippen LogP contribution < -0.4 is 5.32 Å². The molecule has 0 saturated heterocycles. The van der Waals surface area contributed by atoms with Crippen LogP contribution in [0.15, 0.2) is 85.1 Å². The van der Waals surface area contributed by atoms with Crippen LogP contribution in [-0.4, -0.2) is 46.9 Å². The topological polar surface area (TPSA) is 95.9 Å². The fourth-order valence-electron chi connectivity index (χ4n) is 7.53. The van der Waals surface area contributed by atoms with Gasteiger partial charge in [0.25, 0.3) is 0 Å². The molecular weight excluding hydrogens is 779 g/mol. The predicted octanol–water partition coefficient (Wildman–Crippen LogP) is 16.0. The zero-order valence-electron chi connectivity index (χ0n) is 41.2. The summed E-state index contributed by atoms with van der Waals surface area (Å²) in [4.78, 5) is 26.1. The molecule has 63 heavy (non-hydrogen) atoms. The van der Waals surface area contributed by atoms with Gasteiger partial charge in [-0.15, -0.1) is 0 Å². The van der Waals surface area contributed by atoms with Crippen molar-refractivity contribution in [1.82, 2.24) is 5.32 Å². The molecule has 0 aliphatic heterocycles. The van der Waals surface area contributed by atoms with E-state index in [1.54, 1.807) is 0 Å². The van der Waals surface area contributed by atoms with E-state index in [-0.39, 0.29) is 24.9 Å². The van der Waals surface area contributed by atoms with Gasteiger partial charge in [0.15, 0.2) is 0 Å². The fraction of sp³-hybridized carbons (Fsp3) is 0.719. The third-order valence-electron chi connectivity index (χ3n) is 11.5. The lowest BCUT2D eigenvalue weighted by Gasteiger charge is -2.24. The van der Waals surface area contributed by atoms with Gasteiger partial charge >= 0.3 is 5.97 Å². The molecule has 0 heterocycles. The molecule has 0 fully saturated rings. The minimum atomic E-state index is -0.817. The normalized spacial score (nSPS) is 13.9. The Hall–Kier alpha value is -2.96. The lowest BCUT2D eigenvalue weighted by molar-refractivity contribution is -0.150. The summed E-state index contributed by atoms with van der Waals surface area (Å²) in [6.45, 7) is 6.30. The van der Waals surface area contributed by atoms with Crippen LogP contribution in [0.4, 0.5) is 0 Å². The van der Waals surface area contributed by atoms with Gasteiger partial charge in [-0.2, -0.15) is 0 Å². The Balaban J connectivity index is 4.72. The molecule has 362 valence electrons. The van der Waals surface area contributed by atoms with E-state index in [4.69, 9.17) is 4.74 Å². The number of nitrogens with one attached hydrogen (secondary N) is 1. The van der Waals surface area contributed by atoms with Crippen LogP contribution >= 0.6 is 0 Å². The Kier molecular flexibility index (Phi) is 47.7. The van der Waals surface area contributed by atoms with Crippen molar-refractivity contribution in [3.05, 3.63) is 85.1 Å². The summed E-state index contributed by atoms with van der Waals surface area (Å²) in [6.07, 6.45) is 65.1.